The highest BCUT2D eigenvalue weighted by molar-refractivity contribution is 6.31. The maximum Gasteiger partial charge on any atom is 0.145 e. The number of azide groups is 1. The van der Waals surface area contributed by atoms with E-state index in [4.69, 9.17) is 21.9 Å². The number of ether oxygens (including phenoxy) is 1. The van der Waals surface area contributed by atoms with Crippen LogP contribution in [-0.4, -0.2) is 29.8 Å². The molecule has 1 N–H and O–H groups in total. The maximum atomic E-state index is 13.4. The molecule has 0 radical (unpaired) electrons. The minimum absolute atomic E-state index is 0.0251. The SMILES string of the molecule is COc1ccc(C(CN=[N+]=[N-])C(C)O)nc1-c1ccc(F)c(Cl)c1. The molecular formula is C16H16ClFN4O2. The first kappa shape index (κ1) is 18.0. The predicted molar refractivity (Wildman–Crippen MR) is 89.6 cm³/mol. The first-order chi connectivity index (χ1) is 11.5. The molecule has 0 aliphatic carbocycles. The van der Waals surface area contributed by atoms with Gasteiger partial charge in [-0.1, -0.05) is 16.7 Å². The molecule has 0 amide bonds. The minimum atomic E-state index is -0.763. The number of halogens is 2. The van der Waals surface area contributed by atoms with E-state index in [1.807, 2.05) is 0 Å². The van der Waals surface area contributed by atoms with Gasteiger partial charge in [0, 0.05) is 28.6 Å². The summed E-state index contributed by atoms with van der Waals surface area (Å²) in [5, 5.41) is 13.4. The van der Waals surface area contributed by atoms with E-state index in [1.165, 1.54) is 19.2 Å². The average molecular weight is 351 g/mol. The number of aliphatic hydroxyl groups is 1. The molecule has 0 aliphatic rings. The van der Waals surface area contributed by atoms with Gasteiger partial charge in [-0.3, -0.25) is 0 Å². The van der Waals surface area contributed by atoms with Crippen LogP contribution in [0.15, 0.2) is 35.4 Å². The monoisotopic (exact) mass is 350 g/mol. The third-order valence-corrected chi connectivity index (χ3v) is 3.89. The molecule has 126 valence electrons. The molecule has 0 bridgehead atoms. The number of nitrogens with zero attached hydrogens (tertiary/aromatic N) is 4. The Morgan fingerprint density at radius 1 is 1.42 bits per heavy atom. The Morgan fingerprint density at radius 3 is 2.75 bits per heavy atom. The van der Waals surface area contributed by atoms with Crippen molar-refractivity contribution in [2.24, 2.45) is 5.11 Å². The molecule has 0 spiro atoms. The zero-order valence-corrected chi connectivity index (χ0v) is 13.9. The largest absolute Gasteiger partial charge is 0.494 e. The quantitative estimate of drug-likeness (QED) is 0.477. The normalized spacial score (nSPS) is 13.0. The van der Waals surface area contributed by atoms with Crippen molar-refractivity contribution in [1.82, 2.24) is 4.98 Å². The third-order valence-electron chi connectivity index (χ3n) is 3.60. The Labute approximate surface area is 143 Å². The van der Waals surface area contributed by atoms with Gasteiger partial charge in [0.25, 0.3) is 0 Å². The van der Waals surface area contributed by atoms with Gasteiger partial charge in [-0.2, -0.15) is 0 Å². The first-order valence-electron chi connectivity index (χ1n) is 7.17. The van der Waals surface area contributed by atoms with E-state index in [1.54, 1.807) is 25.1 Å². The van der Waals surface area contributed by atoms with Gasteiger partial charge in [0.15, 0.2) is 0 Å². The van der Waals surface area contributed by atoms with Crippen molar-refractivity contribution in [1.29, 1.82) is 0 Å². The summed E-state index contributed by atoms with van der Waals surface area (Å²) in [6.45, 7) is 1.66. The van der Waals surface area contributed by atoms with Crippen LogP contribution in [0.2, 0.25) is 5.02 Å². The molecule has 2 atom stereocenters. The molecule has 2 unspecified atom stereocenters. The standard InChI is InChI=1S/C16H16ClFN4O2/c1-9(23)11(8-20-22-19)14-5-6-15(24-2)16(21-14)10-3-4-13(18)12(17)7-10/h3-7,9,11,23H,8H2,1-2H3. The van der Waals surface area contributed by atoms with E-state index in [2.05, 4.69) is 15.0 Å². The summed E-state index contributed by atoms with van der Waals surface area (Å²) < 4.78 is 18.7. The zero-order valence-electron chi connectivity index (χ0n) is 13.1. The second-order valence-corrected chi connectivity index (χ2v) is 5.58. The number of aliphatic hydroxyl groups excluding tert-OH is 1. The molecule has 0 aliphatic heterocycles. The number of rotatable bonds is 6. The van der Waals surface area contributed by atoms with E-state index in [0.29, 0.717) is 22.7 Å². The van der Waals surface area contributed by atoms with Crippen LogP contribution < -0.4 is 4.74 Å². The Balaban J connectivity index is 2.53. The maximum absolute atomic E-state index is 13.4. The van der Waals surface area contributed by atoms with Crippen molar-refractivity contribution in [2.45, 2.75) is 18.9 Å². The number of pyridine rings is 1. The summed E-state index contributed by atoms with van der Waals surface area (Å²) in [5.41, 5.74) is 10.1. The molecule has 24 heavy (non-hydrogen) atoms. The Bertz CT molecular complexity index is 779. The van der Waals surface area contributed by atoms with E-state index in [0.717, 1.165) is 0 Å². The Hall–Kier alpha value is -2.34. The lowest BCUT2D eigenvalue weighted by atomic mass is 9.98. The van der Waals surface area contributed by atoms with Gasteiger partial charge in [0.2, 0.25) is 0 Å². The van der Waals surface area contributed by atoms with Gasteiger partial charge >= 0.3 is 0 Å². The van der Waals surface area contributed by atoms with Gasteiger partial charge in [-0.15, -0.1) is 0 Å². The lowest BCUT2D eigenvalue weighted by Crippen LogP contribution is -2.19. The molecule has 2 aromatic rings. The number of hydrogen-bond donors (Lipinski definition) is 1. The zero-order chi connectivity index (χ0) is 17.7. The first-order valence-corrected chi connectivity index (χ1v) is 7.55. The minimum Gasteiger partial charge on any atom is -0.494 e. The second kappa shape index (κ2) is 7.97. The Morgan fingerprint density at radius 2 is 2.17 bits per heavy atom. The number of methoxy groups -OCH3 is 1. The fraction of sp³-hybridized carbons (Fsp3) is 0.312. The average Bonchev–Trinajstić information content (AvgIpc) is 2.57. The van der Waals surface area contributed by atoms with Crippen LogP contribution in [0, 0.1) is 5.82 Å². The lowest BCUT2D eigenvalue weighted by molar-refractivity contribution is 0.163. The van der Waals surface area contributed by atoms with Crippen molar-refractivity contribution < 1.29 is 14.2 Å². The summed E-state index contributed by atoms with van der Waals surface area (Å²) in [6.07, 6.45) is -0.763. The summed E-state index contributed by atoms with van der Waals surface area (Å²) in [6, 6.07) is 7.63. The van der Waals surface area contributed by atoms with Crippen molar-refractivity contribution in [3.05, 3.63) is 57.3 Å². The van der Waals surface area contributed by atoms with Gasteiger partial charge in [-0.05, 0) is 42.8 Å². The van der Waals surface area contributed by atoms with Crippen LogP contribution in [0.1, 0.15) is 18.5 Å². The smallest absolute Gasteiger partial charge is 0.145 e. The molecule has 1 heterocycles. The highest BCUT2D eigenvalue weighted by Crippen LogP contribution is 2.32. The van der Waals surface area contributed by atoms with Gasteiger partial charge in [0.05, 0.1) is 18.2 Å². The molecule has 0 fully saturated rings. The van der Waals surface area contributed by atoms with Crippen LogP contribution in [-0.2, 0) is 0 Å². The summed E-state index contributed by atoms with van der Waals surface area (Å²) in [5.74, 6) is -0.517. The third kappa shape index (κ3) is 3.94. The Kier molecular flexibility index (Phi) is 5.98. The molecule has 0 saturated heterocycles. The topological polar surface area (TPSA) is 91.1 Å². The van der Waals surface area contributed by atoms with E-state index in [-0.39, 0.29) is 11.6 Å². The molecular weight excluding hydrogens is 335 g/mol. The molecule has 1 aromatic carbocycles. The molecule has 6 nitrogen and oxygen atoms in total. The predicted octanol–water partition coefficient (Wildman–Crippen LogP) is 4.32. The van der Waals surface area contributed by atoms with Gasteiger partial charge in [0.1, 0.15) is 17.3 Å². The fourth-order valence-corrected chi connectivity index (χ4v) is 2.48. The van der Waals surface area contributed by atoms with E-state index < -0.39 is 17.8 Å². The highest BCUT2D eigenvalue weighted by atomic mass is 35.5. The van der Waals surface area contributed by atoms with Crippen LogP contribution in [0.5, 0.6) is 5.75 Å². The van der Waals surface area contributed by atoms with Crippen molar-refractivity contribution in [3.63, 3.8) is 0 Å². The number of hydrogen-bond acceptors (Lipinski definition) is 4. The molecule has 0 saturated carbocycles. The lowest BCUT2D eigenvalue weighted by Gasteiger charge is -2.19. The van der Waals surface area contributed by atoms with Gasteiger partial charge in [-0.25, -0.2) is 9.37 Å². The van der Waals surface area contributed by atoms with Crippen molar-refractivity contribution >= 4 is 11.6 Å². The summed E-state index contributed by atoms with van der Waals surface area (Å²) in [7, 11) is 1.50. The van der Waals surface area contributed by atoms with E-state index in [9.17, 15) is 9.50 Å². The van der Waals surface area contributed by atoms with Crippen molar-refractivity contribution in [2.75, 3.05) is 13.7 Å². The molecule has 1 aromatic heterocycles. The van der Waals surface area contributed by atoms with Crippen LogP contribution in [0.25, 0.3) is 21.7 Å². The van der Waals surface area contributed by atoms with E-state index >= 15 is 0 Å². The summed E-state index contributed by atoms with van der Waals surface area (Å²) in [4.78, 5) is 7.23. The second-order valence-electron chi connectivity index (χ2n) is 5.18. The summed E-state index contributed by atoms with van der Waals surface area (Å²) >= 11 is 5.84. The highest BCUT2D eigenvalue weighted by Gasteiger charge is 2.20. The van der Waals surface area contributed by atoms with Crippen LogP contribution in [0.4, 0.5) is 4.39 Å². The number of benzene rings is 1. The van der Waals surface area contributed by atoms with Crippen molar-refractivity contribution in [3.8, 4) is 17.0 Å². The van der Waals surface area contributed by atoms with Crippen LogP contribution in [0.3, 0.4) is 0 Å². The molecule has 8 heteroatoms. The fourth-order valence-electron chi connectivity index (χ4n) is 2.30. The van der Waals surface area contributed by atoms with Gasteiger partial charge < -0.3 is 9.84 Å². The molecule has 2 rings (SSSR count). The van der Waals surface area contributed by atoms with Crippen LogP contribution >= 0.6 is 11.6 Å². The number of aromatic nitrogens is 1.